The number of aliphatic hydroxyl groups excluding tert-OH is 1. The number of urea groups is 1. The molecule has 1 fully saturated rings. The summed E-state index contributed by atoms with van der Waals surface area (Å²) in [5.74, 6) is -0.419. The number of carbonyl (C=O) groups excluding carboxylic acids is 2. The van der Waals surface area contributed by atoms with Gasteiger partial charge in [0.25, 0.3) is 5.91 Å². The second-order valence-corrected chi connectivity index (χ2v) is 3.38. The number of amides is 3. The molecule has 0 saturated carbocycles. The summed E-state index contributed by atoms with van der Waals surface area (Å²) in [6.07, 6.45) is 0. The minimum Gasteiger partial charge on any atom is -0.508 e. The molecule has 6 heteroatoms. The molecular weight excluding hydrogens is 212 g/mol. The average molecular weight is 222 g/mol. The standard InChI is InChI=1S/C10H10N2O4/c13-5-12-9(15)8(11-10(12)16)6-1-3-7(14)4-2-6/h1-4,8,13-14H,5H2,(H,11,16). The summed E-state index contributed by atoms with van der Waals surface area (Å²) in [4.78, 5) is 23.6. The van der Waals surface area contributed by atoms with Gasteiger partial charge in [-0.3, -0.25) is 4.79 Å². The lowest BCUT2D eigenvalue weighted by atomic mass is 10.1. The van der Waals surface area contributed by atoms with Crippen molar-refractivity contribution in [2.75, 3.05) is 6.73 Å². The first-order valence-electron chi connectivity index (χ1n) is 4.65. The maximum absolute atomic E-state index is 11.7. The number of benzene rings is 1. The largest absolute Gasteiger partial charge is 0.508 e. The second kappa shape index (κ2) is 3.82. The Morgan fingerprint density at radius 1 is 1.25 bits per heavy atom. The molecule has 3 amide bonds. The van der Waals surface area contributed by atoms with Crippen molar-refractivity contribution in [2.45, 2.75) is 6.04 Å². The third-order valence-electron chi connectivity index (χ3n) is 2.39. The van der Waals surface area contributed by atoms with E-state index in [0.29, 0.717) is 5.56 Å². The first kappa shape index (κ1) is 10.4. The normalized spacial score (nSPS) is 20.1. The van der Waals surface area contributed by atoms with Crippen LogP contribution in [0.5, 0.6) is 5.75 Å². The van der Waals surface area contributed by atoms with Crippen molar-refractivity contribution in [3.63, 3.8) is 0 Å². The summed E-state index contributed by atoms with van der Waals surface area (Å²) in [6.45, 7) is -0.640. The second-order valence-electron chi connectivity index (χ2n) is 3.38. The molecule has 0 radical (unpaired) electrons. The molecule has 0 bridgehead atoms. The highest BCUT2D eigenvalue weighted by Crippen LogP contribution is 2.22. The van der Waals surface area contributed by atoms with Gasteiger partial charge in [-0.25, -0.2) is 9.69 Å². The minimum absolute atomic E-state index is 0.0829. The lowest BCUT2D eigenvalue weighted by Crippen LogP contribution is -2.31. The van der Waals surface area contributed by atoms with Crippen LogP contribution in [-0.4, -0.2) is 33.8 Å². The Balaban J connectivity index is 2.27. The maximum atomic E-state index is 11.7. The summed E-state index contributed by atoms with van der Waals surface area (Å²) in [5, 5.41) is 20.3. The summed E-state index contributed by atoms with van der Waals surface area (Å²) in [5.41, 5.74) is 0.562. The summed E-state index contributed by atoms with van der Waals surface area (Å²) >= 11 is 0. The lowest BCUT2D eigenvalue weighted by Gasteiger charge is -2.09. The molecule has 1 aromatic carbocycles. The highest BCUT2D eigenvalue weighted by Gasteiger charge is 2.38. The number of hydrogen-bond acceptors (Lipinski definition) is 4. The molecule has 3 N–H and O–H groups in total. The molecule has 1 saturated heterocycles. The fraction of sp³-hybridized carbons (Fsp3) is 0.200. The van der Waals surface area contributed by atoms with Gasteiger partial charge in [-0.15, -0.1) is 0 Å². The minimum atomic E-state index is -0.791. The molecule has 1 aliphatic rings. The van der Waals surface area contributed by atoms with Gasteiger partial charge in [0.15, 0.2) is 0 Å². The molecular formula is C10H10N2O4. The van der Waals surface area contributed by atoms with Crippen LogP contribution in [-0.2, 0) is 4.79 Å². The van der Waals surface area contributed by atoms with Gasteiger partial charge in [-0.2, -0.15) is 0 Å². The first-order chi connectivity index (χ1) is 7.63. The molecule has 6 nitrogen and oxygen atoms in total. The van der Waals surface area contributed by atoms with Gasteiger partial charge in [0.2, 0.25) is 0 Å². The van der Waals surface area contributed by atoms with Crippen molar-refractivity contribution in [2.24, 2.45) is 0 Å². The molecule has 0 aromatic heterocycles. The molecule has 0 spiro atoms. The Bertz CT molecular complexity index is 429. The number of phenols is 1. The van der Waals surface area contributed by atoms with Gasteiger partial charge in [0.05, 0.1) is 0 Å². The maximum Gasteiger partial charge on any atom is 0.327 e. The van der Waals surface area contributed by atoms with E-state index in [1.165, 1.54) is 12.1 Å². The molecule has 2 rings (SSSR count). The number of nitrogens with zero attached hydrogens (tertiary/aromatic N) is 1. The van der Waals surface area contributed by atoms with E-state index >= 15 is 0 Å². The van der Waals surface area contributed by atoms with Crippen molar-refractivity contribution in [3.05, 3.63) is 29.8 Å². The average Bonchev–Trinajstić information content (AvgIpc) is 2.55. The molecule has 1 heterocycles. The van der Waals surface area contributed by atoms with Crippen LogP contribution in [0.4, 0.5) is 4.79 Å². The van der Waals surface area contributed by atoms with Crippen LogP contribution >= 0.6 is 0 Å². The van der Waals surface area contributed by atoms with E-state index in [-0.39, 0.29) is 5.75 Å². The van der Waals surface area contributed by atoms with Crippen LogP contribution in [0.2, 0.25) is 0 Å². The lowest BCUT2D eigenvalue weighted by molar-refractivity contribution is -0.130. The summed E-state index contributed by atoms with van der Waals surface area (Å²) in [7, 11) is 0. The zero-order chi connectivity index (χ0) is 11.7. The van der Waals surface area contributed by atoms with Gasteiger partial charge in [0.1, 0.15) is 18.5 Å². The van der Waals surface area contributed by atoms with Crippen LogP contribution in [0.25, 0.3) is 0 Å². The Kier molecular flexibility index (Phi) is 2.49. The zero-order valence-corrected chi connectivity index (χ0v) is 8.25. The van der Waals surface area contributed by atoms with Crippen LogP contribution in [0.3, 0.4) is 0 Å². The van der Waals surface area contributed by atoms with Gasteiger partial charge in [-0.05, 0) is 17.7 Å². The number of carbonyl (C=O) groups is 2. The van der Waals surface area contributed by atoms with E-state index in [0.717, 1.165) is 4.90 Å². The SMILES string of the molecule is O=C1NC(c2ccc(O)cc2)C(=O)N1CO. The predicted molar refractivity (Wildman–Crippen MR) is 53.3 cm³/mol. The van der Waals surface area contributed by atoms with E-state index in [1.54, 1.807) is 12.1 Å². The third-order valence-corrected chi connectivity index (χ3v) is 2.39. The smallest absolute Gasteiger partial charge is 0.327 e. The van der Waals surface area contributed by atoms with Crippen LogP contribution in [0.15, 0.2) is 24.3 Å². The number of hydrogen-bond donors (Lipinski definition) is 3. The fourth-order valence-corrected chi connectivity index (χ4v) is 1.55. The van der Waals surface area contributed by atoms with Crippen molar-refractivity contribution < 1.29 is 19.8 Å². The number of phenolic OH excluding ortho intramolecular Hbond substituents is 1. The fourth-order valence-electron chi connectivity index (χ4n) is 1.55. The van der Waals surface area contributed by atoms with E-state index < -0.39 is 24.7 Å². The van der Waals surface area contributed by atoms with Gasteiger partial charge in [0, 0.05) is 0 Å². The molecule has 1 atom stereocenters. The highest BCUT2D eigenvalue weighted by atomic mass is 16.3. The van der Waals surface area contributed by atoms with Crippen LogP contribution < -0.4 is 5.32 Å². The molecule has 1 unspecified atom stereocenters. The monoisotopic (exact) mass is 222 g/mol. The van der Waals surface area contributed by atoms with Crippen LogP contribution in [0, 0.1) is 0 Å². The molecule has 16 heavy (non-hydrogen) atoms. The van der Waals surface area contributed by atoms with Gasteiger partial charge < -0.3 is 15.5 Å². The van der Waals surface area contributed by atoms with Crippen LogP contribution in [0.1, 0.15) is 11.6 Å². The number of imide groups is 1. The topological polar surface area (TPSA) is 89.9 Å². The highest BCUT2D eigenvalue weighted by molar-refractivity contribution is 6.04. The Labute approximate surface area is 91.1 Å². The third kappa shape index (κ3) is 1.59. The van der Waals surface area contributed by atoms with Gasteiger partial charge in [-0.1, -0.05) is 12.1 Å². The van der Waals surface area contributed by atoms with Crippen molar-refractivity contribution >= 4 is 11.9 Å². The number of aliphatic hydroxyl groups is 1. The Morgan fingerprint density at radius 2 is 1.88 bits per heavy atom. The number of nitrogens with one attached hydrogen (secondary N) is 1. The van der Waals surface area contributed by atoms with Crippen molar-refractivity contribution in [1.29, 1.82) is 0 Å². The predicted octanol–water partition coefficient (Wildman–Crippen LogP) is -0.0651. The summed E-state index contributed by atoms with van der Waals surface area (Å²) in [6, 6.07) is 4.52. The Hall–Kier alpha value is -2.08. The van der Waals surface area contributed by atoms with E-state index in [1.807, 2.05) is 0 Å². The molecule has 1 aliphatic heterocycles. The van der Waals surface area contributed by atoms with E-state index in [4.69, 9.17) is 10.2 Å². The van der Waals surface area contributed by atoms with E-state index in [2.05, 4.69) is 5.32 Å². The number of rotatable bonds is 2. The molecule has 84 valence electrons. The van der Waals surface area contributed by atoms with Crippen molar-refractivity contribution in [3.8, 4) is 5.75 Å². The van der Waals surface area contributed by atoms with Gasteiger partial charge >= 0.3 is 6.03 Å². The first-order valence-corrected chi connectivity index (χ1v) is 4.65. The number of aromatic hydroxyl groups is 1. The molecule has 0 aliphatic carbocycles. The molecule has 1 aromatic rings. The van der Waals surface area contributed by atoms with E-state index in [9.17, 15) is 9.59 Å². The zero-order valence-electron chi connectivity index (χ0n) is 8.25. The summed E-state index contributed by atoms with van der Waals surface area (Å²) < 4.78 is 0. The quantitative estimate of drug-likeness (QED) is 0.611. The van der Waals surface area contributed by atoms with Crippen molar-refractivity contribution in [1.82, 2.24) is 10.2 Å². The Morgan fingerprint density at radius 3 is 2.38 bits per heavy atom.